The van der Waals surface area contributed by atoms with Crippen LogP contribution < -0.4 is 5.32 Å². The maximum absolute atomic E-state index is 12.9. The number of hydrogen-bond acceptors (Lipinski definition) is 3. The van der Waals surface area contributed by atoms with Crippen molar-refractivity contribution >= 4 is 18.4 Å². The first-order chi connectivity index (χ1) is 5.25. The maximum Gasteiger partial charge on any atom is 0.325 e. The molecule has 0 unspecified atom stereocenters. The Morgan fingerprint density at radius 3 is 2.83 bits per heavy atom. The molecule has 0 radical (unpaired) electrons. The molecule has 1 N–H and O–H groups in total. The summed E-state index contributed by atoms with van der Waals surface area (Å²) >= 11 is 0. The molecule has 1 aliphatic heterocycles. The lowest BCUT2D eigenvalue weighted by atomic mass is 10.0. The van der Waals surface area contributed by atoms with Gasteiger partial charge in [-0.25, -0.2) is 4.39 Å². The summed E-state index contributed by atoms with van der Waals surface area (Å²) in [6.45, 7) is 0.695. The second kappa shape index (κ2) is 5.32. The number of carbonyl (C=O) groups excluding carboxylic acids is 1. The van der Waals surface area contributed by atoms with Crippen molar-refractivity contribution in [1.29, 1.82) is 0 Å². The lowest BCUT2D eigenvalue weighted by molar-refractivity contribution is -0.145. The summed E-state index contributed by atoms with van der Waals surface area (Å²) in [5.41, 5.74) is 0. The van der Waals surface area contributed by atoms with E-state index < -0.39 is 18.2 Å². The molecular weight excluding hydrogens is 185 g/mol. The van der Waals surface area contributed by atoms with Crippen molar-refractivity contribution in [3.05, 3.63) is 0 Å². The van der Waals surface area contributed by atoms with E-state index in [4.69, 9.17) is 0 Å². The van der Waals surface area contributed by atoms with Gasteiger partial charge in [-0.15, -0.1) is 12.4 Å². The van der Waals surface area contributed by atoms with Gasteiger partial charge >= 0.3 is 5.97 Å². The first-order valence-electron chi connectivity index (χ1n) is 3.71. The van der Waals surface area contributed by atoms with Gasteiger partial charge in [0.25, 0.3) is 0 Å². The van der Waals surface area contributed by atoms with Crippen molar-refractivity contribution in [2.75, 3.05) is 13.7 Å². The average molecular weight is 198 g/mol. The lowest BCUT2D eigenvalue weighted by Gasteiger charge is -2.24. The summed E-state index contributed by atoms with van der Waals surface area (Å²) < 4.78 is 17.3. The number of esters is 1. The van der Waals surface area contributed by atoms with E-state index in [1.165, 1.54) is 7.11 Å². The van der Waals surface area contributed by atoms with Gasteiger partial charge in [-0.05, 0) is 19.4 Å². The summed E-state index contributed by atoms with van der Waals surface area (Å²) in [4.78, 5) is 10.9. The van der Waals surface area contributed by atoms with Crippen LogP contribution in [0.2, 0.25) is 0 Å². The van der Waals surface area contributed by atoms with Crippen molar-refractivity contribution in [3.63, 3.8) is 0 Å². The van der Waals surface area contributed by atoms with Crippen LogP contribution >= 0.6 is 12.4 Å². The predicted octanol–water partition coefficient (Wildman–Crippen LogP) is 0.671. The number of piperidine rings is 1. The van der Waals surface area contributed by atoms with Gasteiger partial charge in [-0.3, -0.25) is 4.79 Å². The van der Waals surface area contributed by atoms with E-state index in [0.717, 1.165) is 6.42 Å². The first kappa shape index (κ1) is 11.6. The number of nitrogens with one attached hydrogen (secondary N) is 1. The number of alkyl halides is 1. The minimum absolute atomic E-state index is 0. The smallest absolute Gasteiger partial charge is 0.325 e. The minimum Gasteiger partial charge on any atom is -0.468 e. The number of rotatable bonds is 1. The van der Waals surface area contributed by atoms with Gasteiger partial charge in [0.15, 0.2) is 0 Å². The fourth-order valence-corrected chi connectivity index (χ4v) is 1.21. The Morgan fingerprint density at radius 1 is 1.67 bits per heavy atom. The SMILES string of the molecule is COC(=O)[C@@H]1NCCC[C@@H]1F.Cl. The zero-order valence-electron chi connectivity index (χ0n) is 6.88. The van der Waals surface area contributed by atoms with Gasteiger partial charge in [0.2, 0.25) is 0 Å². The fourth-order valence-electron chi connectivity index (χ4n) is 1.21. The van der Waals surface area contributed by atoms with E-state index in [-0.39, 0.29) is 12.4 Å². The van der Waals surface area contributed by atoms with Crippen molar-refractivity contribution in [2.45, 2.75) is 25.1 Å². The van der Waals surface area contributed by atoms with Gasteiger partial charge in [0.1, 0.15) is 12.2 Å². The molecular formula is C7H13ClFNO2. The van der Waals surface area contributed by atoms with E-state index >= 15 is 0 Å². The Morgan fingerprint density at radius 2 is 2.33 bits per heavy atom. The van der Waals surface area contributed by atoms with E-state index in [1.807, 2.05) is 0 Å². The van der Waals surface area contributed by atoms with E-state index in [0.29, 0.717) is 13.0 Å². The quantitative estimate of drug-likeness (QED) is 0.628. The molecule has 1 rings (SSSR count). The Balaban J connectivity index is 0.00000121. The molecule has 0 amide bonds. The highest BCUT2D eigenvalue weighted by molar-refractivity contribution is 5.85. The third-order valence-electron chi connectivity index (χ3n) is 1.84. The minimum atomic E-state index is -1.09. The number of carbonyl (C=O) groups is 1. The van der Waals surface area contributed by atoms with E-state index in [9.17, 15) is 9.18 Å². The number of methoxy groups -OCH3 is 1. The molecule has 0 aromatic heterocycles. The molecule has 2 atom stereocenters. The highest BCUT2D eigenvalue weighted by atomic mass is 35.5. The molecule has 3 nitrogen and oxygen atoms in total. The normalized spacial score (nSPS) is 28.8. The molecule has 0 aromatic carbocycles. The summed E-state index contributed by atoms with van der Waals surface area (Å²) in [6, 6.07) is -0.742. The monoisotopic (exact) mass is 197 g/mol. The highest BCUT2D eigenvalue weighted by Gasteiger charge is 2.31. The molecule has 5 heteroatoms. The first-order valence-corrected chi connectivity index (χ1v) is 3.71. The Labute approximate surface area is 77.1 Å². The van der Waals surface area contributed by atoms with Crippen molar-refractivity contribution in [1.82, 2.24) is 5.32 Å². The summed E-state index contributed by atoms with van der Waals surface area (Å²) in [7, 11) is 1.27. The molecule has 12 heavy (non-hydrogen) atoms. The van der Waals surface area contributed by atoms with Crippen LogP contribution in [0.15, 0.2) is 0 Å². The third-order valence-corrected chi connectivity index (χ3v) is 1.84. The molecule has 0 bridgehead atoms. The number of hydrogen-bond donors (Lipinski definition) is 1. The van der Waals surface area contributed by atoms with E-state index in [1.54, 1.807) is 0 Å². The molecule has 0 aliphatic carbocycles. The van der Waals surface area contributed by atoms with Gasteiger partial charge in [-0.2, -0.15) is 0 Å². The van der Waals surface area contributed by atoms with Crippen LogP contribution in [-0.4, -0.2) is 31.8 Å². The molecule has 1 saturated heterocycles. The van der Waals surface area contributed by atoms with Crippen molar-refractivity contribution in [2.24, 2.45) is 0 Å². The van der Waals surface area contributed by atoms with Crippen LogP contribution in [-0.2, 0) is 9.53 Å². The van der Waals surface area contributed by atoms with Crippen LogP contribution in [0.4, 0.5) is 4.39 Å². The number of ether oxygens (including phenoxy) is 1. The zero-order valence-corrected chi connectivity index (χ0v) is 7.70. The molecule has 72 valence electrons. The standard InChI is InChI=1S/C7H12FNO2.ClH/c1-11-7(10)6-5(8)3-2-4-9-6;/h5-6,9H,2-4H2,1H3;1H/t5-,6+;/m0./s1. The van der Waals surface area contributed by atoms with Gasteiger partial charge in [0, 0.05) is 0 Å². The summed E-state index contributed by atoms with van der Waals surface area (Å²) in [6.07, 6.45) is 0.151. The van der Waals surface area contributed by atoms with E-state index in [2.05, 4.69) is 10.1 Å². The van der Waals surface area contributed by atoms with Gasteiger partial charge in [-0.1, -0.05) is 0 Å². The predicted molar refractivity (Wildman–Crippen MR) is 45.2 cm³/mol. The second-order valence-corrected chi connectivity index (χ2v) is 2.61. The second-order valence-electron chi connectivity index (χ2n) is 2.61. The summed E-state index contributed by atoms with van der Waals surface area (Å²) in [5.74, 6) is -0.503. The van der Waals surface area contributed by atoms with Crippen LogP contribution in [0.5, 0.6) is 0 Å². The Kier molecular flexibility index (Phi) is 5.17. The fraction of sp³-hybridized carbons (Fsp3) is 0.857. The van der Waals surface area contributed by atoms with Crippen molar-refractivity contribution < 1.29 is 13.9 Å². The molecule has 0 aromatic rings. The highest BCUT2D eigenvalue weighted by Crippen LogP contribution is 2.12. The Hall–Kier alpha value is -0.350. The Bertz CT molecular complexity index is 156. The molecule has 1 heterocycles. The maximum atomic E-state index is 12.9. The topological polar surface area (TPSA) is 38.3 Å². The van der Waals surface area contributed by atoms with Crippen LogP contribution in [0, 0.1) is 0 Å². The lowest BCUT2D eigenvalue weighted by Crippen LogP contribution is -2.48. The van der Waals surface area contributed by atoms with Crippen LogP contribution in [0.3, 0.4) is 0 Å². The molecule has 1 aliphatic rings. The average Bonchev–Trinajstić information content (AvgIpc) is 2.04. The van der Waals surface area contributed by atoms with Gasteiger partial charge < -0.3 is 10.1 Å². The molecule has 0 spiro atoms. The summed E-state index contributed by atoms with van der Waals surface area (Å²) in [5, 5.41) is 2.77. The van der Waals surface area contributed by atoms with Crippen LogP contribution in [0.1, 0.15) is 12.8 Å². The largest absolute Gasteiger partial charge is 0.468 e. The molecule has 1 fully saturated rings. The van der Waals surface area contributed by atoms with Crippen molar-refractivity contribution in [3.8, 4) is 0 Å². The molecule has 0 saturated carbocycles. The zero-order chi connectivity index (χ0) is 8.27. The van der Waals surface area contributed by atoms with Crippen LogP contribution in [0.25, 0.3) is 0 Å². The van der Waals surface area contributed by atoms with Gasteiger partial charge in [0.05, 0.1) is 7.11 Å². The number of halogens is 2. The third kappa shape index (κ3) is 2.60.